The number of anilines is 6. The van der Waals surface area contributed by atoms with E-state index in [1.54, 1.807) is 0 Å². The van der Waals surface area contributed by atoms with Crippen molar-refractivity contribution in [2.24, 2.45) is 10.8 Å². The monoisotopic (exact) mass is 856 g/mol. The molecule has 4 nitrogen and oxygen atoms in total. The Balaban J connectivity index is 1.09. The van der Waals surface area contributed by atoms with Gasteiger partial charge in [0.25, 0.3) is 0 Å². The first-order valence-electron chi connectivity index (χ1n) is 23.3. The zero-order chi connectivity index (χ0) is 44.9. The van der Waals surface area contributed by atoms with Crippen LogP contribution in [0.4, 0.5) is 34.1 Å². The molecular weight excluding hydrogens is 805 g/mol. The maximum atomic E-state index is 7.06. The Labute approximate surface area is 385 Å². The molecule has 2 heterocycles. The first kappa shape index (κ1) is 40.0. The van der Waals surface area contributed by atoms with Crippen LogP contribution in [0, 0.1) is 10.8 Å². The van der Waals surface area contributed by atoms with Gasteiger partial charge in [-0.2, -0.15) is 0 Å². The van der Waals surface area contributed by atoms with Crippen molar-refractivity contribution in [2.45, 2.75) is 54.4 Å². The van der Waals surface area contributed by atoms with Gasteiger partial charge in [-0.1, -0.05) is 175 Å². The number of benzene rings is 10. The molecule has 322 valence electrons. The van der Waals surface area contributed by atoms with E-state index in [0.29, 0.717) is 0 Å². The predicted octanol–water partition coefficient (Wildman–Crippen LogP) is 18.5. The fourth-order valence-corrected chi connectivity index (χ4v) is 10.6. The van der Waals surface area contributed by atoms with Crippen molar-refractivity contribution in [2.75, 3.05) is 9.80 Å². The van der Waals surface area contributed by atoms with Crippen molar-refractivity contribution in [1.29, 1.82) is 0 Å². The van der Waals surface area contributed by atoms with Crippen LogP contribution >= 0.6 is 0 Å². The SMILES string of the molecule is CC(C)(C)Cc1cccc2c1oc1c(N(c3ccccc3)c3ccc4ccc5c(N(c6ccccc6)c6cccc7c6oc6c(CC(C)(C)C)cccc67)ccc6ccc3c4c65)cccc12. The highest BCUT2D eigenvalue weighted by molar-refractivity contribution is 6.28. The van der Waals surface area contributed by atoms with Gasteiger partial charge in [0.1, 0.15) is 11.2 Å². The van der Waals surface area contributed by atoms with Gasteiger partial charge in [-0.25, -0.2) is 0 Å². The Morgan fingerprint density at radius 1 is 0.318 bits per heavy atom. The third-order valence-electron chi connectivity index (χ3n) is 13.2. The Bertz CT molecular complexity index is 3540. The Morgan fingerprint density at radius 2 is 0.682 bits per heavy atom. The maximum absolute atomic E-state index is 7.06. The van der Waals surface area contributed by atoms with Crippen LogP contribution in [0.25, 0.3) is 76.2 Å². The zero-order valence-electron chi connectivity index (χ0n) is 38.4. The maximum Gasteiger partial charge on any atom is 0.159 e. The lowest BCUT2D eigenvalue weighted by Crippen LogP contribution is -2.11. The van der Waals surface area contributed by atoms with E-state index < -0.39 is 0 Å². The number of furan rings is 2. The molecule has 2 aromatic heterocycles. The third-order valence-corrected chi connectivity index (χ3v) is 13.2. The zero-order valence-corrected chi connectivity index (χ0v) is 38.4. The fourth-order valence-electron chi connectivity index (χ4n) is 10.6. The summed E-state index contributed by atoms with van der Waals surface area (Å²) in [6, 6.07) is 66.2. The third kappa shape index (κ3) is 6.57. The molecule has 0 aliphatic rings. The number of fused-ring (bicyclic) bond motifs is 6. The minimum Gasteiger partial charge on any atom is -0.454 e. The largest absolute Gasteiger partial charge is 0.454 e. The lowest BCUT2D eigenvalue weighted by atomic mass is 9.87. The van der Waals surface area contributed by atoms with E-state index in [-0.39, 0.29) is 10.8 Å². The van der Waals surface area contributed by atoms with Crippen LogP contribution in [0.5, 0.6) is 0 Å². The van der Waals surface area contributed by atoms with E-state index in [2.05, 4.69) is 233 Å². The molecule has 12 rings (SSSR count). The van der Waals surface area contributed by atoms with Crippen molar-refractivity contribution in [3.8, 4) is 0 Å². The van der Waals surface area contributed by atoms with E-state index in [9.17, 15) is 0 Å². The molecule has 0 atom stereocenters. The second-order valence-corrected chi connectivity index (χ2v) is 20.5. The molecule has 0 saturated carbocycles. The van der Waals surface area contributed by atoms with Gasteiger partial charge in [0, 0.05) is 43.7 Å². The molecule has 66 heavy (non-hydrogen) atoms. The molecule has 0 aliphatic carbocycles. The first-order chi connectivity index (χ1) is 32.0. The molecule has 0 spiro atoms. The molecule has 4 heteroatoms. The smallest absolute Gasteiger partial charge is 0.159 e. The van der Waals surface area contributed by atoms with Crippen molar-refractivity contribution in [3.05, 3.63) is 193 Å². The Morgan fingerprint density at radius 3 is 1.08 bits per heavy atom. The Hall–Kier alpha value is -7.56. The highest BCUT2D eigenvalue weighted by atomic mass is 16.3. The normalized spacial score (nSPS) is 12.5. The van der Waals surface area contributed by atoms with Crippen molar-refractivity contribution >= 4 is 110 Å². The van der Waals surface area contributed by atoms with Gasteiger partial charge in [0.15, 0.2) is 11.2 Å². The van der Waals surface area contributed by atoms with E-state index >= 15 is 0 Å². The van der Waals surface area contributed by atoms with Crippen molar-refractivity contribution in [3.63, 3.8) is 0 Å². The van der Waals surface area contributed by atoms with E-state index in [1.165, 1.54) is 43.4 Å². The molecule has 10 aromatic carbocycles. The second kappa shape index (κ2) is 15.0. The number of hydrogen-bond donors (Lipinski definition) is 0. The summed E-state index contributed by atoms with van der Waals surface area (Å²) >= 11 is 0. The molecule has 12 aromatic rings. The topological polar surface area (TPSA) is 32.8 Å². The number of rotatable bonds is 8. The number of para-hydroxylation sites is 6. The van der Waals surface area contributed by atoms with Crippen LogP contribution in [-0.4, -0.2) is 0 Å². The minimum atomic E-state index is 0.114. The summed E-state index contributed by atoms with van der Waals surface area (Å²) in [5.74, 6) is 0. The van der Waals surface area contributed by atoms with Crippen molar-refractivity contribution in [1.82, 2.24) is 0 Å². The van der Waals surface area contributed by atoms with Crippen LogP contribution in [0.3, 0.4) is 0 Å². The quantitative estimate of drug-likeness (QED) is 0.143. The molecule has 0 unspecified atom stereocenters. The minimum absolute atomic E-state index is 0.114. The van der Waals surface area contributed by atoms with Gasteiger partial charge in [-0.05, 0) is 105 Å². The molecule has 0 bridgehead atoms. The van der Waals surface area contributed by atoms with Crippen LogP contribution in [0.2, 0.25) is 0 Å². The molecular formula is C62H52N2O2. The molecule has 0 N–H and O–H groups in total. The van der Waals surface area contributed by atoms with Crippen LogP contribution in [-0.2, 0) is 12.8 Å². The van der Waals surface area contributed by atoms with Gasteiger partial charge in [0.2, 0.25) is 0 Å². The van der Waals surface area contributed by atoms with Gasteiger partial charge in [0.05, 0.1) is 22.7 Å². The van der Waals surface area contributed by atoms with Crippen LogP contribution < -0.4 is 9.80 Å². The number of nitrogens with zero attached hydrogens (tertiary/aromatic N) is 2. The van der Waals surface area contributed by atoms with Crippen molar-refractivity contribution < 1.29 is 8.83 Å². The molecule has 0 amide bonds. The average molecular weight is 857 g/mol. The summed E-state index contributed by atoms with van der Waals surface area (Å²) in [5, 5.41) is 11.7. The van der Waals surface area contributed by atoms with Gasteiger partial charge < -0.3 is 18.6 Å². The average Bonchev–Trinajstić information content (AvgIpc) is 3.90. The summed E-state index contributed by atoms with van der Waals surface area (Å²) in [5.41, 5.74) is 12.7. The summed E-state index contributed by atoms with van der Waals surface area (Å²) in [6.45, 7) is 13.7. The lowest BCUT2D eigenvalue weighted by Gasteiger charge is -2.29. The molecule has 0 saturated heterocycles. The van der Waals surface area contributed by atoms with Crippen LogP contribution in [0.15, 0.2) is 191 Å². The Kier molecular flexibility index (Phi) is 9.09. The van der Waals surface area contributed by atoms with Gasteiger partial charge in [-0.3, -0.25) is 0 Å². The van der Waals surface area contributed by atoms with Crippen LogP contribution in [0.1, 0.15) is 52.7 Å². The predicted molar refractivity (Wildman–Crippen MR) is 280 cm³/mol. The molecule has 0 radical (unpaired) electrons. The summed E-state index contributed by atoms with van der Waals surface area (Å²) in [7, 11) is 0. The van der Waals surface area contributed by atoms with E-state index in [0.717, 1.165) is 90.8 Å². The standard InChI is InChI=1S/C62H52N2O2/c1-61(2,3)37-41-17-13-23-45-47-25-15-27-53(59(47)65-57(41)45)63(43-19-9-7-10-20-43)51-35-31-39-30-34-50-52(36-32-40-29-33-49(51)55(39)56(40)50)64(44-21-11-8-12-22-44)54-28-16-26-48-46-24-14-18-42(38-62(4,5)6)58(46)66-60(48)54/h7-36H,37-38H2,1-6H3. The summed E-state index contributed by atoms with van der Waals surface area (Å²) in [4.78, 5) is 4.79. The lowest BCUT2D eigenvalue weighted by molar-refractivity contribution is 0.410. The fraction of sp³-hybridized carbons (Fsp3) is 0.161. The van der Waals surface area contributed by atoms with E-state index in [4.69, 9.17) is 8.83 Å². The summed E-state index contributed by atoms with van der Waals surface area (Å²) in [6.07, 6.45) is 1.85. The number of hydrogen-bond acceptors (Lipinski definition) is 4. The molecule has 0 fully saturated rings. The van der Waals surface area contributed by atoms with Gasteiger partial charge in [-0.15, -0.1) is 0 Å². The second-order valence-electron chi connectivity index (χ2n) is 20.5. The molecule has 0 aliphatic heterocycles. The summed E-state index contributed by atoms with van der Waals surface area (Å²) < 4.78 is 14.1. The first-order valence-corrected chi connectivity index (χ1v) is 23.3. The highest BCUT2D eigenvalue weighted by Crippen LogP contribution is 2.50. The highest BCUT2D eigenvalue weighted by Gasteiger charge is 2.27. The van der Waals surface area contributed by atoms with Gasteiger partial charge >= 0.3 is 0 Å². The van der Waals surface area contributed by atoms with E-state index in [1.807, 2.05) is 0 Å².